The molecule has 0 aliphatic carbocycles. The first-order chi connectivity index (χ1) is 15.2. The van der Waals surface area contributed by atoms with E-state index < -0.39 is 0 Å². The Hall–Kier alpha value is -3.55. The fourth-order valence-electron chi connectivity index (χ4n) is 3.86. The molecule has 8 nitrogen and oxygen atoms in total. The van der Waals surface area contributed by atoms with Gasteiger partial charge < -0.3 is 20.3 Å². The number of methoxy groups -OCH3 is 1. The standard InChI is InChI=1S/C23H28N6O2/c1-31-22-7-3-6-21(11-22)28-9-8-20(14-28)13-26-23(30)25-12-18-4-2-5-19(10-18)15-29-17-24-16-27-29/h2-7,10-11,16-17,20H,8-9,12-15H2,1H3,(H2,25,26,30). The Balaban J connectivity index is 1.20. The SMILES string of the molecule is COc1cccc(N2CCC(CNC(=O)NCc3cccc(Cn4cncn4)c3)C2)c1. The number of ether oxygens (including phenoxy) is 1. The first kappa shape index (κ1) is 20.7. The van der Waals surface area contributed by atoms with E-state index in [-0.39, 0.29) is 6.03 Å². The highest BCUT2D eigenvalue weighted by molar-refractivity contribution is 5.73. The highest BCUT2D eigenvalue weighted by atomic mass is 16.5. The van der Waals surface area contributed by atoms with Gasteiger partial charge >= 0.3 is 6.03 Å². The van der Waals surface area contributed by atoms with Gasteiger partial charge in [-0.05, 0) is 35.6 Å². The number of nitrogens with zero attached hydrogens (tertiary/aromatic N) is 4. The number of anilines is 1. The Morgan fingerprint density at radius 3 is 2.87 bits per heavy atom. The Kier molecular flexibility index (Phi) is 6.66. The normalized spacial score (nSPS) is 15.6. The molecule has 2 N–H and O–H groups in total. The predicted molar refractivity (Wildman–Crippen MR) is 119 cm³/mol. The molecule has 3 aromatic rings. The molecule has 4 rings (SSSR count). The molecule has 1 unspecified atom stereocenters. The molecule has 8 heteroatoms. The van der Waals surface area contributed by atoms with Crippen molar-refractivity contribution in [2.75, 3.05) is 31.6 Å². The van der Waals surface area contributed by atoms with Crippen molar-refractivity contribution in [2.45, 2.75) is 19.5 Å². The molecule has 1 saturated heterocycles. The molecule has 2 aromatic carbocycles. The average molecular weight is 421 g/mol. The van der Waals surface area contributed by atoms with E-state index in [0.717, 1.165) is 42.1 Å². The van der Waals surface area contributed by atoms with Crippen LogP contribution in [0.25, 0.3) is 0 Å². The van der Waals surface area contributed by atoms with E-state index in [9.17, 15) is 4.79 Å². The zero-order valence-corrected chi connectivity index (χ0v) is 17.7. The van der Waals surface area contributed by atoms with Crippen LogP contribution in [0.1, 0.15) is 17.5 Å². The molecule has 1 aliphatic rings. The van der Waals surface area contributed by atoms with Crippen LogP contribution in [0.3, 0.4) is 0 Å². The van der Waals surface area contributed by atoms with Crippen molar-refractivity contribution in [2.24, 2.45) is 5.92 Å². The zero-order chi connectivity index (χ0) is 21.5. The molecular formula is C23H28N6O2. The highest BCUT2D eigenvalue weighted by Crippen LogP contribution is 2.26. The molecule has 31 heavy (non-hydrogen) atoms. The van der Waals surface area contributed by atoms with E-state index in [1.807, 2.05) is 30.3 Å². The largest absolute Gasteiger partial charge is 0.497 e. The quantitative estimate of drug-likeness (QED) is 0.585. The van der Waals surface area contributed by atoms with Gasteiger partial charge in [-0.25, -0.2) is 14.5 Å². The number of amides is 2. The van der Waals surface area contributed by atoms with E-state index in [1.54, 1.807) is 18.1 Å². The lowest BCUT2D eigenvalue weighted by molar-refractivity contribution is 0.239. The van der Waals surface area contributed by atoms with Crippen LogP contribution in [-0.4, -0.2) is 47.5 Å². The topological polar surface area (TPSA) is 84.3 Å². The lowest BCUT2D eigenvalue weighted by atomic mass is 10.1. The van der Waals surface area contributed by atoms with Crippen molar-refractivity contribution in [1.29, 1.82) is 0 Å². The number of rotatable bonds is 8. The smallest absolute Gasteiger partial charge is 0.315 e. The van der Waals surface area contributed by atoms with Crippen molar-refractivity contribution in [3.8, 4) is 5.75 Å². The van der Waals surface area contributed by atoms with Gasteiger partial charge in [-0.15, -0.1) is 0 Å². The van der Waals surface area contributed by atoms with Crippen LogP contribution < -0.4 is 20.3 Å². The summed E-state index contributed by atoms with van der Waals surface area (Å²) in [6, 6.07) is 16.1. The summed E-state index contributed by atoms with van der Waals surface area (Å²) in [5.74, 6) is 1.30. The van der Waals surface area contributed by atoms with E-state index >= 15 is 0 Å². The number of hydrogen-bond donors (Lipinski definition) is 2. The monoisotopic (exact) mass is 420 g/mol. The fourth-order valence-corrected chi connectivity index (χ4v) is 3.86. The molecule has 1 aromatic heterocycles. The van der Waals surface area contributed by atoms with Crippen molar-refractivity contribution in [3.63, 3.8) is 0 Å². The van der Waals surface area contributed by atoms with E-state index in [0.29, 0.717) is 25.6 Å². The Bertz CT molecular complexity index is 991. The minimum Gasteiger partial charge on any atom is -0.497 e. The number of aromatic nitrogens is 3. The van der Waals surface area contributed by atoms with E-state index in [4.69, 9.17) is 4.74 Å². The van der Waals surface area contributed by atoms with Crippen molar-refractivity contribution in [3.05, 3.63) is 72.3 Å². The third kappa shape index (κ3) is 5.75. The van der Waals surface area contributed by atoms with E-state index in [1.165, 1.54) is 6.33 Å². The molecule has 1 fully saturated rings. The van der Waals surface area contributed by atoms with Gasteiger partial charge in [0.2, 0.25) is 0 Å². The molecule has 0 bridgehead atoms. The number of benzene rings is 2. The minimum atomic E-state index is -0.137. The second-order valence-corrected chi connectivity index (χ2v) is 7.78. The molecule has 0 spiro atoms. The maximum Gasteiger partial charge on any atom is 0.315 e. The van der Waals surface area contributed by atoms with Gasteiger partial charge in [0, 0.05) is 37.9 Å². The van der Waals surface area contributed by atoms with Crippen LogP contribution in [-0.2, 0) is 13.1 Å². The maximum absolute atomic E-state index is 12.3. The van der Waals surface area contributed by atoms with Crippen LogP contribution in [0.4, 0.5) is 10.5 Å². The van der Waals surface area contributed by atoms with Crippen LogP contribution >= 0.6 is 0 Å². The van der Waals surface area contributed by atoms with Crippen LogP contribution in [0, 0.1) is 5.92 Å². The summed E-state index contributed by atoms with van der Waals surface area (Å²) in [6.45, 7) is 3.72. The number of nitrogens with one attached hydrogen (secondary N) is 2. The lowest BCUT2D eigenvalue weighted by Gasteiger charge is -2.19. The second-order valence-electron chi connectivity index (χ2n) is 7.78. The Labute approximate surface area is 182 Å². The average Bonchev–Trinajstić information content (AvgIpc) is 3.49. The summed E-state index contributed by atoms with van der Waals surface area (Å²) in [7, 11) is 1.68. The molecule has 2 amide bonds. The van der Waals surface area contributed by atoms with Gasteiger partial charge in [0.05, 0.1) is 13.7 Å². The van der Waals surface area contributed by atoms with Crippen molar-refractivity contribution >= 4 is 11.7 Å². The van der Waals surface area contributed by atoms with Gasteiger partial charge in [0.1, 0.15) is 18.4 Å². The van der Waals surface area contributed by atoms with Gasteiger partial charge in [-0.1, -0.05) is 30.3 Å². The molecular weight excluding hydrogens is 392 g/mol. The lowest BCUT2D eigenvalue weighted by Crippen LogP contribution is -2.38. The third-order valence-corrected chi connectivity index (χ3v) is 5.51. The molecule has 1 aliphatic heterocycles. The van der Waals surface area contributed by atoms with Crippen molar-refractivity contribution in [1.82, 2.24) is 25.4 Å². The minimum absolute atomic E-state index is 0.137. The molecule has 0 saturated carbocycles. The van der Waals surface area contributed by atoms with Gasteiger partial charge in [-0.3, -0.25) is 0 Å². The summed E-state index contributed by atoms with van der Waals surface area (Å²) in [5, 5.41) is 10.1. The highest BCUT2D eigenvalue weighted by Gasteiger charge is 2.23. The molecule has 2 heterocycles. The Morgan fingerprint density at radius 2 is 2.03 bits per heavy atom. The van der Waals surface area contributed by atoms with E-state index in [2.05, 4.69) is 43.8 Å². The van der Waals surface area contributed by atoms with Gasteiger partial charge in [0.15, 0.2) is 0 Å². The number of carbonyl (C=O) groups is 1. The number of urea groups is 1. The summed E-state index contributed by atoms with van der Waals surface area (Å²) in [6.07, 6.45) is 4.27. The molecule has 162 valence electrons. The van der Waals surface area contributed by atoms with Gasteiger partial charge in [-0.2, -0.15) is 5.10 Å². The predicted octanol–water partition coefficient (Wildman–Crippen LogP) is 2.66. The first-order valence-electron chi connectivity index (χ1n) is 10.5. The first-order valence-corrected chi connectivity index (χ1v) is 10.5. The molecule has 1 atom stereocenters. The third-order valence-electron chi connectivity index (χ3n) is 5.51. The van der Waals surface area contributed by atoms with Crippen LogP contribution in [0.2, 0.25) is 0 Å². The summed E-state index contributed by atoms with van der Waals surface area (Å²) >= 11 is 0. The van der Waals surface area contributed by atoms with Crippen LogP contribution in [0.5, 0.6) is 5.75 Å². The van der Waals surface area contributed by atoms with Crippen molar-refractivity contribution < 1.29 is 9.53 Å². The fraction of sp³-hybridized carbons (Fsp3) is 0.348. The molecule has 0 radical (unpaired) electrons. The second kappa shape index (κ2) is 9.97. The Morgan fingerprint density at radius 1 is 1.16 bits per heavy atom. The number of carbonyl (C=O) groups excluding carboxylic acids is 1. The summed E-state index contributed by atoms with van der Waals surface area (Å²) < 4.78 is 7.09. The van der Waals surface area contributed by atoms with Crippen LogP contribution in [0.15, 0.2) is 61.2 Å². The zero-order valence-electron chi connectivity index (χ0n) is 17.7. The summed E-state index contributed by atoms with van der Waals surface area (Å²) in [4.78, 5) is 18.6. The summed E-state index contributed by atoms with van der Waals surface area (Å²) in [5.41, 5.74) is 3.34. The maximum atomic E-state index is 12.3. The number of hydrogen-bond acceptors (Lipinski definition) is 5. The van der Waals surface area contributed by atoms with Gasteiger partial charge in [0.25, 0.3) is 0 Å².